The van der Waals surface area contributed by atoms with Crippen LogP contribution in [-0.2, 0) is 4.79 Å². The molecule has 4 aliphatic heterocycles. The number of hydrogen-bond acceptors (Lipinski definition) is 4. The minimum absolute atomic E-state index is 0.139. The zero-order valence-corrected chi connectivity index (χ0v) is 8.98. The third-order valence-electron chi connectivity index (χ3n) is 4.23. The molecule has 1 N–H and O–H groups in total. The third kappa shape index (κ3) is 1.35. The van der Waals surface area contributed by atoms with Gasteiger partial charge < -0.3 is 14.9 Å². The lowest BCUT2D eigenvalue weighted by Crippen LogP contribution is -2.61. The Balaban J connectivity index is 1.96. The van der Waals surface area contributed by atoms with Crippen molar-refractivity contribution >= 4 is 5.78 Å². The van der Waals surface area contributed by atoms with E-state index in [1.54, 1.807) is 0 Å². The molecule has 0 aromatic rings. The first kappa shape index (κ1) is 9.75. The summed E-state index contributed by atoms with van der Waals surface area (Å²) in [6.07, 6.45) is 0.648. The summed E-state index contributed by atoms with van der Waals surface area (Å²) in [4.78, 5) is 17.1. The predicted molar refractivity (Wildman–Crippen MR) is 55.5 cm³/mol. The zero-order chi connectivity index (χ0) is 10.5. The molecule has 84 valence electrons. The molecule has 4 fully saturated rings. The van der Waals surface area contributed by atoms with Gasteiger partial charge in [-0.3, -0.25) is 4.79 Å². The van der Waals surface area contributed by atoms with Gasteiger partial charge in [-0.25, -0.2) is 0 Å². The molecule has 4 rings (SSSR count). The molecule has 4 bridgehead atoms. The van der Waals surface area contributed by atoms with E-state index in [9.17, 15) is 4.79 Å². The molecular formula is C11H18N2O2. The fourth-order valence-electron chi connectivity index (χ4n) is 3.59. The second-order valence-electron chi connectivity index (χ2n) is 5.29. The molecule has 15 heavy (non-hydrogen) atoms. The van der Waals surface area contributed by atoms with Crippen LogP contribution in [-0.4, -0.2) is 66.6 Å². The van der Waals surface area contributed by atoms with Crippen LogP contribution >= 0.6 is 0 Å². The number of carbonyl (C=O) groups excluding carboxylic acids is 1. The largest absolute Gasteiger partial charge is 0.396 e. The second kappa shape index (κ2) is 3.27. The molecule has 4 heteroatoms. The Bertz CT molecular complexity index is 276. The number of aliphatic hydroxyl groups is 1. The van der Waals surface area contributed by atoms with Crippen molar-refractivity contribution < 1.29 is 9.90 Å². The minimum Gasteiger partial charge on any atom is -0.396 e. The number of carbonyl (C=O) groups is 1. The summed E-state index contributed by atoms with van der Waals surface area (Å²) in [6, 6.07) is 0. The Hall–Kier alpha value is -0.450. The van der Waals surface area contributed by atoms with Crippen LogP contribution in [0.15, 0.2) is 0 Å². The van der Waals surface area contributed by atoms with Gasteiger partial charge in [0, 0.05) is 51.8 Å². The molecule has 0 spiro atoms. The van der Waals surface area contributed by atoms with Crippen LogP contribution < -0.4 is 0 Å². The van der Waals surface area contributed by atoms with Gasteiger partial charge in [0.05, 0.1) is 5.41 Å². The summed E-state index contributed by atoms with van der Waals surface area (Å²) in [5, 5.41) is 9.15. The maximum absolute atomic E-state index is 12.3. The summed E-state index contributed by atoms with van der Waals surface area (Å²) >= 11 is 0. The van der Waals surface area contributed by atoms with Gasteiger partial charge in [0.2, 0.25) is 0 Å². The van der Waals surface area contributed by atoms with Crippen molar-refractivity contribution in [3.8, 4) is 0 Å². The summed E-state index contributed by atoms with van der Waals surface area (Å²) in [5.74, 6) is 0.632. The molecule has 4 saturated heterocycles. The summed E-state index contributed by atoms with van der Waals surface area (Å²) in [5.41, 5.74) is -0.244. The number of fused-ring (bicyclic) bond motifs is 1. The SMILES string of the molecule is O=C1C2CN3CCN(C2)CC1(CCO)C3. The molecular weight excluding hydrogens is 192 g/mol. The van der Waals surface area contributed by atoms with Gasteiger partial charge in [0.15, 0.2) is 0 Å². The van der Waals surface area contributed by atoms with Crippen molar-refractivity contribution in [2.75, 3.05) is 45.9 Å². The van der Waals surface area contributed by atoms with Crippen LogP contribution in [0.5, 0.6) is 0 Å². The maximum atomic E-state index is 12.3. The third-order valence-corrected chi connectivity index (χ3v) is 4.23. The number of piperidine rings is 2. The molecule has 0 aliphatic carbocycles. The number of aliphatic hydroxyl groups excluding tert-OH is 1. The van der Waals surface area contributed by atoms with E-state index in [-0.39, 0.29) is 17.9 Å². The van der Waals surface area contributed by atoms with E-state index in [1.807, 2.05) is 0 Å². The molecule has 0 saturated carbocycles. The standard InChI is InChI=1S/C11H18N2O2/c14-4-1-11-7-12-2-3-13(8-11)6-9(5-12)10(11)15/h9,14H,1-8H2. The number of ketones is 1. The van der Waals surface area contributed by atoms with E-state index in [0.717, 1.165) is 39.3 Å². The molecule has 0 radical (unpaired) electrons. The average molecular weight is 210 g/mol. The Labute approximate surface area is 89.8 Å². The maximum Gasteiger partial charge on any atom is 0.147 e. The Morgan fingerprint density at radius 3 is 2.40 bits per heavy atom. The number of Topliss-reactive ketones (excluding diaryl/α,β-unsaturated/α-hetero) is 1. The Morgan fingerprint density at radius 2 is 1.87 bits per heavy atom. The predicted octanol–water partition coefficient (Wildman–Crippen LogP) is -0.815. The highest BCUT2D eigenvalue weighted by molar-refractivity contribution is 5.89. The summed E-state index contributed by atoms with van der Waals surface area (Å²) in [6.45, 7) is 5.97. The average Bonchev–Trinajstić information content (AvgIpc) is 2.43. The zero-order valence-electron chi connectivity index (χ0n) is 8.98. The van der Waals surface area contributed by atoms with Crippen LogP contribution in [0.25, 0.3) is 0 Å². The van der Waals surface area contributed by atoms with Crippen LogP contribution in [0.1, 0.15) is 6.42 Å². The second-order valence-corrected chi connectivity index (χ2v) is 5.29. The Morgan fingerprint density at radius 1 is 1.27 bits per heavy atom. The van der Waals surface area contributed by atoms with Crippen LogP contribution in [0.2, 0.25) is 0 Å². The monoisotopic (exact) mass is 210 g/mol. The van der Waals surface area contributed by atoms with Gasteiger partial charge in [0.25, 0.3) is 0 Å². The van der Waals surface area contributed by atoms with Crippen molar-refractivity contribution in [1.82, 2.24) is 9.80 Å². The molecule has 4 heterocycles. The van der Waals surface area contributed by atoms with Crippen molar-refractivity contribution in [2.45, 2.75) is 6.42 Å². The molecule has 2 unspecified atom stereocenters. The number of hydrogen-bond donors (Lipinski definition) is 1. The molecule has 2 atom stereocenters. The van der Waals surface area contributed by atoms with Crippen molar-refractivity contribution in [3.05, 3.63) is 0 Å². The van der Waals surface area contributed by atoms with Crippen LogP contribution in [0.3, 0.4) is 0 Å². The number of rotatable bonds is 2. The first-order chi connectivity index (χ1) is 7.23. The molecule has 0 aromatic heterocycles. The summed E-state index contributed by atoms with van der Waals surface area (Å²) < 4.78 is 0. The summed E-state index contributed by atoms with van der Waals surface area (Å²) in [7, 11) is 0. The van der Waals surface area contributed by atoms with Gasteiger partial charge in [-0.1, -0.05) is 0 Å². The van der Waals surface area contributed by atoms with E-state index in [4.69, 9.17) is 5.11 Å². The quantitative estimate of drug-likeness (QED) is 0.647. The van der Waals surface area contributed by atoms with Crippen LogP contribution in [0, 0.1) is 11.3 Å². The Kier molecular flexibility index (Phi) is 2.13. The van der Waals surface area contributed by atoms with E-state index in [2.05, 4.69) is 9.80 Å². The van der Waals surface area contributed by atoms with Crippen molar-refractivity contribution in [1.29, 1.82) is 0 Å². The molecule has 4 aliphatic rings. The minimum atomic E-state index is -0.244. The molecule has 4 nitrogen and oxygen atoms in total. The van der Waals surface area contributed by atoms with Gasteiger partial charge in [-0.05, 0) is 6.42 Å². The highest BCUT2D eigenvalue weighted by Gasteiger charge is 2.53. The van der Waals surface area contributed by atoms with Crippen molar-refractivity contribution in [3.63, 3.8) is 0 Å². The lowest BCUT2D eigenvalue weighted by Gasteiger charge is -2.48. The van der Waals surface area contributed by atoms with Crippen molar-refractivity contribution in [2.24, 2.45) is 11.3 Å². The van der Waals surface area contributed by atoms with Gasteiger partial charge in [-0.15, -0.1) is 0 Å². The van der Waals surface area contributed by atoms with E-state index >= 15 is 0 Å². The van der Waals surface area contributed by atoms with Gasteiger partial charge >= 0.3 is 0 Å². The van der Waals surface area contributed by atoms with E-state index in [0.29, 0.717) is 12.2 Å². The van der Waals surface area contributed by atoms with E-state index < -0.39 is 0 Å². The smallest absolute Gasteiger partial charge is 0.147 e. The van der Waals surface area contributed by atoms with Gasteiger partial charge in [0.1, 0.15) is 5.78 Å². The first-order valence-electron chi connectivity index (χ1n) is 5.83. The fourth-order valence-corrected chi connectivity index (χ4v) is 3.59. The van der Waals surface area contributed by atoms with Gasteiger partial charge in [-0.2, -0.15) is 0 Å². The van der Waals surface area contributed by atoms with Crippen LogP contribution in [0.4, 0.5) is 0 Å². The topological polar surface area (TPSA) is 43.8 Å². The lowest BCUT2D eigenvalue weighted by atomic mass is 9.69. The number of nitrogens with zero attached hydrogens (tertiary/aromatic N) is 2. The first-order valence-corrected chi connectivity index (χ1v) is 5.83. The lowest BCUT2D eigenvalue weighted by molar-refractivity contribution is -0.146. The van der Waals surface area contributed by atoms with E-state index in [1.165, 1.54) is 0 Å². The molecule has 0 aromatic carbocycles. The highest BCUT2D eigenvalue weighted by atomic mass is 16.3. The fraction of sp³-hybridized carbons (Fsp3) is 0.909. The normalized spacial score (nSPS) is 48.3. The molecule has 0 amide bonds. The highest BCUT2D eigenvalue weighted by Crippen LogP contribution is 2.39.